The number of carbonyl (C=O) groups excluding carboxylic acids is 1. The van der Waals surface area contributed by atoms with Crippen molar-refractivity contribution in [3.8, 4) is 23.0 Å². The third kappa shape index (κ3) is 4.84. The summed E-state index contributed by atoms with van der Waals surface area (Å²) >= 11 is 0. The molecule has 1 fully saturated rings. The molecule has 3 rings (SSSR count). The number of rotatable bonds is 8. The summed E-state index contributed by atoms with van der Waals surface area (Å²) in [6.07, 6.45) is 4.43. The van der Waals surface area contributed by atoms with E-state index in [1.165, 1.54) is 0 Å². The van der Waals surface area contributed by atoms with Crippen LogP contribution in [-0.4, -0.2) is 34.2 Å². The van der Waals surface area contributed by atoms with Gasteiger partial charge in [-0.1, -0.05) is 18.6 Å². The summed E-state index contributed by atoms with van der Waals surface area (Å²) in [7, 11) is 6.51. The van der Waals surface area contributed by atoms with Crippen molar-refractivity contribution >= 4 is 5.78 Å². The molecule has 0 radical (unpaired) electrons. The minimum atomic E-state index is 0.0481. The third-order valence-corrected chi connectivity index (χ3v) is 5.77. The second kappa shape index (κ2) is 9.68. The van der Waals surface area contributed by atoms with E-state index in [9.17, 15) is 4.79 Å². The van der Waals surface area contributed by atoms with Crippen LogP contribution in [0.5, 0.6) is 23.0 Å². The lowest BCUT2D eigenvalue weighted by Crippen LogP contribution is -2.31. The SMILES string of the molecule is COc1ccc(C[C@H]2CCC[C@H](Cc3ccc(OC)c(OC)c3)C2=O)cc1OC. The maximum Gasteiger partial charge on any atom is 0.160 e. The van der Waals surface area contributed by atoms with Crippen molar-refractivity contribution in [2.24, 2.45) is 11.8 Å². The molecule has 0 unspecified atom stereocenters. The van der Waals surface area contributed by atoms with Crippen LogP contribution in [0.15, 0.2) is 36.4 Å². The number of ketones is 1. The Hall–Kier alpha value is -2.69. The zero-order chi connectivity index (χ0) is 20.8. The number of Topliss-reactive ketones (excluding diaryl/α,β-unsaturated/α-hetero) is 1. The van der Waals surface area contributed by atoms with E-state index in [1.807, 2.05) is 36.4 Å². The lowest BCUT2D eigenvalue weighted by molar-refractivity contribution is -0.129. The average molecular weight is 398 g/mol. The van der Waals surface area contributed by atoms with Crippen molar-refractivity contribution in [1.29, 1.82) is 0 Å². The second-order valence-corrected chi connectivity index (χ2v) is 7.51. The van der Waals surface area contributed by atoms with Gasteiger partial charge in [-0.25, -0.2) is 0 Å². The van der Waals surface area contributed by atoms with Crippen molar-refractivity contribution in [3.63, 3.8) is 0 Å². The maximum absolute atomic E-state index is 13.2. The molecule has 2 atom stereocenters. The maximum atomic E-state index is 13.2. The van der Waals surface area contributed by atoms with Crippen molar-refractivity contribution in [2.45, 2.75) is 32.1 Å². The molecule has 0 heterocycles. The first kappa shape index (κ1) is 21.0. The molecule has 0 aromatic heterocycles. The van der Waals surface area contributed by atoms with Crippen LogP contribution >= 0.6 is 0 Å². The summed E-state index contributed by atoms with van der Waals surface area (Å²) in [5, 5.41) is 0. The van der Waals surface area contributed by atoms with Gasteiger partial charge in [0.15, 0.2) is 23.0 Å². The topological polar surface area (TPSA) is 54.0 Å². The molecular formula is C24H30O5. The van der Waals surface area contributed by atoms with E-state index in [0.717, 1.165) is 43.2 Å². The van der Waals surface area contributed by atoms with Crippen LogP contribution in [0.25, 0.3) is 0 Å². The number of hydrogen-bond acceptors (Lipinski definition) is 5. The summed E-state index contributed by atoms with van der Waals surface area (Å²) in [6.45, 7) is 0. The molecule has 5 nitrogen and oxygen atoms in total. The highest BCUT2D eigenvalue weighted by Crippen LogP contribution is 2.35. The van der Waals surface area contributed by atoms with E-state index < -0.39 is 0 Å². The summed E-state index contributed by atoms with van der Waals surface area (Å²) in [5.41, 5.74) is 2.21. The number of benzene rings is 2. The summed E-state index contributed by atoms with van der Waals surface area (Å²) in [5.74, 6) is 3.28. The molecule has 5 heteroatoms. The third-order valence-electron chi connectivity index (χ3n) is 5.77. The first-order chi connectivity index (χ1) is 14.1. The van der Waals surface area contributed by atoms with Crippen LogP contribution in [0.3, 0.4) is 0 Å². The second-order valence-electron chi connectivity index (χ2n) is 7.51. The number of hydrogen-bond donors (Lipinski definition) is 0. The summed E-state index contributed by atoms with van der Waals surface area (Å²) in [4.78, 5) is 13.2. The van der Waals surface area contributed by atoms with Gasteiger partial charge in [0.2, 0.25) is 0 Å². The van der Waals surface area contributed by atoms with Crippen LogP contribution in [0.4, 0.5) is 0 Å². The molecule has 0 aliphatic heterocycles. The fourth-order valence-electron chi connectivity index (χ4n) is 4.22. The molecule has 0 spiro atoms. The lowest BCUT2D eigenvalue weighted by atomic mass is 9.75. The molecule has 29 heavy (non-hydrogen) atoms. The van der Waals surface area contributed by atoms with Gasteiger partial charge in [0.05, 0.1) is 28.4 Å². The van der Waals surface area contributed by atoms with Crippen LogP contribution in [0.2, 0.25) is 0 Å². The van der Waals surface area contributed by atoms with Gasteiger partial charge in [-0.3, -0.25) is 4.79 Å². The fourth-order valence-corrected chi connectivity index (χ4v) is 4.22. The largest absolute Gasteiger partial charge is 0.493 e. The molecule has 0 N–H and O–H groups in total. The van der Waals surface area contributed by atoms with Crippen LogP contribution in [0, 0.1) is 11.8 Å². The van der Waals surface area contributed by atoms with Gasteiger partial charge in [0.25, 0.3) is 0 Å². The Morgan fingerprint density at radius 3 is 1.48 bits per heavy atom. The van der Waals surface area contributed by atoms with E-state index in [2.05, 4.69) is 0 Å². The molecular weight excluding hydrogens is 368 g/mol. The Kier molecular flexibility index (Phi) is 7.02. The smallest absolute Gasteiger partial charge is 0.160 e. The first-order valence-electron chi connectivity index (χ1n) is 10.0. The van der Waals surface area contributed by atoms with E-state index in [0.29, 0.717) is 28.8 Å². The van der Waals surface area contributed by atoms with E-state index in [4.69, 9.17) is 18.9 Å². The number of methoxy groups -OCH3 is 4. The number of ether oxygens (including phenoxy) is 4. The Balaban J connectivity index is 1.70. The lowest BCUT2D eigenvalue weighted by Gasteiger charge is -2.28. The molecule has 0 saturated heterocycles. The zero-order valence-electron chi connectivity index (χ0n) is 17.7. The highest BCUT2D eigenvalue weighted by atomic mass is 16.5. The zero-order valence-corrected chi connectivity index (χ0v) is 17.7. The normalized spacial score (nSPS) is 19.0. The van der Waals surface area contributed by atoms with Crippen molar-refractivity contribution in [2.75, 3.05) is 28.4 Å². The van der Waals surface area contributed by atoms with E-state index in [-0.39, 0.29) is 11.8 Å². The molecule has 0 amide bonds. The first-order valence-corrected chi connectivity index (χ1v) is 10.0. The van der Waals surface area contributed by atoms with Crippen LogP contribution in [-0.2, 0) is 17.6 Å². The monoisotopic (exact) mass is 398 g/mol. The minimum Gasteiger partial charge on any atom is -0.493 e. The van der Waals surface area contributed by atoms with Gasteiger partial charge in [-0.2, -0.15) is 0 Å². The van der Waals surface area contributed by atoms with Crippen molar-refractivity contribution < 1.29 is 23.7 Å². The van der Waals surface area contributed by atoms with Gasteiger partial charge in [-0.15, -0.1) is 0 Å². The van der Waals surface area contributed by atoms with Crippen LogP contribution in [0.1, 0.15) is 30.4 Å². The molecule has 2 aromatic rings. The number of carbonyl (C=O) groups is 1. The molecule has 1 saturated carbocycles. The Morgan fingerprint density at radius 2 is 1.10 bits per heavy atom. The molecule has 156 valence electrons. The molecule has 1 aliphatic carbocycles. The van der Waals surface area contributed by atoms with Gasteiger partial charge < -0.3 is 18.9 Å². The Labute approximate surface area is 172 Å². The minimum absolute atomic E-state index is 0.0481. The van der Waals surface area contributed by atoms with Crippen molar-refractivity contribution in [3.05, 3.63) is 47.5 Å². The predicted octanol–water partition coefficient (Wildman–Crippen LogP) is 4.49. The summed E-state index contributed by atoms with van der Waals surface area (Å²) in [6, 6.07) is 11.8. The van der Waals surface area contributed by atoms with Gasteiger partial charge >= 0.3 is 0 Å². The molecule has 1 aliphatic rings. The van der Waals surface area contributed by atoms with Gasteiger partial charge in [-0.05, 0) is 61.1 Å². The summed E-state index contributed by atoms with van der Waals surface area (Å²) < 4.78 is 21.4. The standard InChI is InChI=1S/C24H30O5/c1-26-20-10-8-16(14-22(20)28-3)12-18-6-5-7-19(24(18)25)13-17-9-11-21(27-2)23(15-17)29-4/h8-11,14-15,18-19H,5-7,12-13H2,1-4H3/t18-,19-/m1/s1. The molecule has 2 aromatic carbocycles. The van der Waals surface area contributed by atoms with E-state index in [1.54, 1.807) is 28.4 Å². The Morgan fingerprint density at radius 1 is 0.690 bits per heavy atom. The quantitative estimate of drug-likeness (QED) is 0.656. The molecule has 0 bridgehead atoms. The fraction of sp³-hybridized carbons (Fsp3) is 0.458. The Bertz CT molecular complexity index is 778. The highest BCUT2D eigenvalue weighted by Gasteiger charge is 2.31. The highest BCUT2D eigenvalue weighted by molar-refractivity contribution is 5.84. The van der Waals surface area contributed by atoms with Crippen molar-refractivity contribution in [1.82, 2.24) is 0 Å². The van der Waals surface area contributed by atoms with Gasteiger partial charge in [0.1, 0.15) is 5.78 Å². The van der Waals surface area contributed by atoms with E-state index >= 15 is 0 Å². The van der Waals surface area contributed by atoms with Crippen LogP contribution < -0.4 is 18.9 Å². The average Bonchev–Trinajstić information content (AvgIpc) is 2.76. The van der Waals surface area contributed by atoms with Gasteiger partial charge in [0, 0.05) is 11.8 Å². The predicted molar refractivity (Wildman–Crippen MR) is 112 cm³/mol.